The molecule has 120 valence electrons. The topological polar surface area (TPSA) is 111 Å². The first-order chi connectivity index (χ1) is 11.0. The average Bonchev–Trinajstić information content (AvgIpc) is 3.00. The monoisotopic (exact) mass is 332 g/mol. The first-order valence-electron chi connectivity index (χ1n) is 6.85. The Balaban J connectivity index is 1.85. The van der Waals surface area contributed by atoms with Gasteiger partial charge in [0, 0.05) is 35.2 Å². The van der Waals surface area contributed by atoms with E-state index in [1.54, 1.807) is 35.8 Å². The van der Waals surface area contributed by atoms with Gasteiger partial charge >= 0.3 is 0 Å². The minimum Gasteiger partial charge on any atom is -0.550 e. The van der Waals surface area contributed by atoms with E-state index in [4.69, 9.17) is 0 Å². The van der Waals surface area contributed by atoms with Crippen LogP contribution in [0, 0.1) is 0 Å². The van der Waals surface area contributed by atoms with Crippen molar-refractivity contribution in [2.45, 2.75) is 19.3 Å². The molecule has 0 radical (unpaired) electrons. The highest BCUT2D eigenvalue weighted by Crippen LogP contribution is 2.14. The Morgan fingerprint density at radius 1 is 1.09 bits per heavy atom. The van der Waals surface area contributed by atoms with Crippen LogP contribution < -0.4 is 15.7 Å². The van der Waals surface area contributed by atoms with Crippen LogP contribution in [-0.2, 0) is 9.59 Å². The van der Waals surface area contributed by atoms with E-state index in [-0.39, 0.29) is 31.1 Å². The summed E-state index contributed by atoms with van der Waals surface area (Å²) in [4.78, 5) is 37.8. The Morgan fingerprint density at radius 2 is 1.83 bits per heavy atom. The van der Waals surface area contributed by atoms with Crippen LogP contribution in [0.15, 0.2) is 35.8 Å². The third kappa shape index (κ3) is 5.51. The minimum absolute atomic E-state index is 0.0975. The molecule has 2 rings (SSSR count). The molecule has 1 aromatic carbocycles. The fraction of sp³-hybridized carbons (Fsp3) is 0.200. The lowest BCUT2D eigenvalue weighted by molar-refractivity contribution is -0.305. The standard InChI is InChI=1S/C15H15N3O4S/c19-12(2-1-3-13(20)21)17-11-6-4-10(5-7-11)14(22)18-15-16-8-9-23-15/h4-9H,1-3H2,(H,17,19)(H,20,21)(H,16,18,22)/p-1. The summed E-state index contributed by atoms with van der Waals surface area (Å²) >= 11 is 1.32. The van der Waals surface area contributed by atoms with Crippen molar-refractivity contribution in [1.82, 2.24) is 4.98 Å². The molecule has 2 aromatic rings. The van der Waals surface area contributed by atoms with Crippen LogP contribution in [0.2, 0.25) is 0 Å². The molecule has 0 unspecified atom stereocenters. The molecule has 0 aliphatic rings. The Hall–Kier alpha value is -2.74. The van der Waals surface area contributed by atoms with Gasteiger partial charge in [0.25, 0.3) is 5.91 Å². The van der Waals surface area contributed by atoms with Gasteiger partial charge in [-0.1, -0.05) is 0 Å². The minimum atomic E-state index is -1.17. The van der Waals surface area contributed by atoms with Crippen LogP contribution in [-0.4, -0.2) is 22.8 Å². The maximum absolute atomic E-state index is 12.0. The van der Waals surface area contributed by atoms with Crippen molar-refractivity contribution in [3.8, 4) is 0 Å². The van der Waals surface area contributed by atoms with E-state index in [2.05, 4.69) is 15.6 Å². The number of aliphatic carboxylic acids is 1. The van der Waals surface area contributed by atoms with Gasteiger partial charge in [0.2, 0.25) is 5.91 Å². The van der Waals surface area contributed by atoms with Gasteiger partial charge in [0.05, 0.1) is 0 Å². The lowest BCUT2D eigenvalue weighted by Crippen LogP contribution is -2.22. The number of carboxylic acid groups (broad SMARTS) is 1. The van der Waals surface area contributed by atoms with Gasteiger partial charge < -0.3 is 15.2 Å². The summed E-state index contributed by atoms with van der Waals surface area (Å²) < 4.78 is 0. The number of anilines is 2. The van der Waals surface area contributed by atoms with Crippen molar-refractivity contribution in [1.29, 1.82) is 0 Å². The van der Waals surface area contributed by atoms with Gasteiger partial charge in [-0.05, 0) is 37.1 Å². The molecular weight excluding hydrogens is 318 g/mol. The van der Waals surface area contributed by atoms with Crippen molar-refractivity contribution < 1.29 is 19.5 Å². The van der Waals surface area contributed by atoms with Gasteiger partial charge in [0.15, 0.2) is 5.13 Å². The Labute approximate surface area is 136 Å². The predicted molar refractivity (Wildman–Crippen MR) is 84.0 cm³/mol. The Kier molecular flexibility index (Phi) is 5.81. The highest BCUT2D eigenvalue weighted by Gasteiger charge is 2.08. The summed E-state index contributed by atoms with van der Waals surface area (Å²) in [7, 11) is 0. The normalized spacial score (nSPS) is 10.1. The summed E-state index contributed by atoms with van der Waals surface area (Å²) in [5.41, 5.74) is 0.976. The third-order valence-electron chi connectivity index (χ3n) is 2.87. The van der Waals surface area contributed by atoms with Crippen LogP contribution in [0.3, 0.4) is 0 Å². The fourth-order valence-electron chi connectivity index (χ4n) is 1.78. The number of carbonyl (C=O) groups is 3. The molecule has 0 aliphatic carbocycles. The van der Waals surface area contributed by atoms with E-state index in [1.165, 1.54) is 11.3 Å². The van der Waals surface area contributed by atoms with E-state index in [0.717, 1.165) is 0 Å². The number of rotatable bonds is 7. The number of hydrogen-bond acceptors (Lipinski definition) is 6. The second-order valence-electron chi connectivity index (χ2n) is 4.64. The zero-order chi connectivity index (χ0) is 16.7. The smallest absolute Gasteiger partial charge is 0.257 e. The number of benzene rings is 1. The van der Waals surface area contributed by atoms with Gasteiger partial charge in [0.1, 0.15) is 0 Å². The van der Waals surface area contributed by atoms with Gasteiger partial charge in [-0.25, -0.2) is 4.98 Å². The highest BCUT2D eigenvalue weighted by atomic mass is 32.1. The molecule has 0 aliphatic heterocycles. The summed E-state index contributed by atoms with van der Waals surface area (Å²) in [6.07, 6.45) is 1.77. The third-order valence-corrected chi connectivity index (χ3v) is 3.56. The maximum Gasteiger partial charge on any atom is 0.257 e. The second kappa shape index (κ2) is 8.04. The van der Waals surface area contributed by atoms with Crippen LogP contribution in [0.5, 0.6) is 0 Å². The molecule has 7 nitrogen and oxygen atoms in total. The number of carbonyl (C=O) groups excluding carboxylic acids is 3. The number of amides is 2. The van der Waals surface area contributed by atoms with Gasteiger partial charge in [-0.2, -0.15) is 0 Å². The van der Waals surface area contributed by atoms with Crippen molar-refractivity contribution in [2.24, 2.45) is 0 Å². The van der Waals surface area contributed by atoms with E-state index in [9.17, 15) is 19.5 Å². The van der Waals surface area contributed by atoms with Gasteiger partial charge in [-0.15, -0.1) is 11.3 Å². The summed E-state index contributed by atoms with van der Waals surface area (Å²) in [6.45, 7) is 0. The highest BCUT2D eigenvalue weighted by molar-refractivity contribution is 7.13. The molecule has 23 heavy (non-hydrogen) atoms. The van der Waals surface area contributed by atoms with Crippen LogP contribution >= 0.6 is 11.3 Å². The summed E-state index contributed by atoms with van der Waals surface area (Å²) in [5.74, 6) is -1.74. The first-order valence-corrected chi connectivity index (χ1v) is 7.73. The molecule has 8 heteroatoms. The van der Waals surface area contributed by atoms with Crippen molar-refractivity contribution in [3.63, 3.8) is 0 Å². The Morgan fingerprint density at radius 3 is 2.43 bits per heavy atom. The molecule has 0 atom stereocenters. The van der Waals surface area contributed by atoms with E-state index < -0.39 is 5.97 Å². The Bertz CT molecular complexity index is 683. The zero-order valence-electron chi connectivity index (χ0n) is 12.1. The second-order valence-corrected chi connectivity index (χ2v) is 5.54. The van der Waals surface area contributed by atoms with E-state index in [0.29, 0.717) is 16.4 Å². The number of nitrogens with zero attached hydrogens (tertiary/aromatic N) is 1. The number of carboxylic acids is 1. The molecular formula is C15H14N3O4S-. The van der Waals surface area contributed by atoms with Crippen LogP contribution in [0.25, 0.3) is 0 Å². The maximum atomic E-state index is 12.0. The van der Waals surface area contributed by atoms with Crippen LogP contribution in [0.1, 0.15) is 29.6 Å². The van der Waals surface area contributed by atoms with Gasteiger partial charge in [-0.3, -0.25) is 14.9 Å². The predicted octanol–water partition coefficient (Wildman–Crippen LogP) is 1.25. The van der Waals surface area contributed by atoms with Crippen molar-refractivity contribution in [2.75, 3.05) is 10.6 Å². The molecule has 0 spiro atoms. The molecule has 1 heterocycles. The summed E-state index contributed by atoms with van der Waals surface area (Å²) in [5, 5.41) is 17.8. The SMILES string of the molecule is O=C([O-])CCCC(=O)Nc1ccc(C(=O)Nc2nccs2)cc1. The quantitative estimate of drug-likeness (QED) is 0.793. The molecule has 0 saturated heterocycles. The largest absolute Gasteiger partial charge is 0.550 e. The molecule has 2 N–H and O–H groups in total. The lowest BCUT2D eigenvalue weighted by atomic mass is 10.2. The molecule has 0 fully saturated rings. The first kappa shape index (κ1) is 16.6. The van der Waals surface area contributed by atoms with E-state index in [1.807, 2.05) is 0 Å². The van der Waals surface area contributed by atoms with E-state index >= 15 is 0 Å². The lowest BCUT2D eigenvalue weighted by Gasteiger charge is -2.07. The average molecular weight is 332 g/mol. The molecule has 2 amide bonds. The zero-order valence-corrected chi connectivity index (χ0v) is 12.9. The fourth-order valence-corrected chi connectivity index (χ4v) is 2.30. The molecule has 0 saturated carbocycles. The number of nitrogens with one attached hydrogen (secondary N) is 2. The van der Waals surface area contributed by atoms with Crippen molar-refractivity contribution >= 4 is 39.9 Å². The summed E-state index contributed by atoms with van der Waals surface area (Å²) in [6, 6.07) is 6.38. The van der Waals surface area contributed by atoms with Crippen molar-refractivity contribution in [3.05, 3.63) is 41.4 Å². The van der Waals surface area contributed by atoms with Crippen LogP contribution in [0.4, 0.5) is 10.8 Å². The molecule has 1 aromatic heterocycles. The number of hydrogen-bond donors (Lipinski definition) is 2. The molecule has 0 bridgehead atoms. The number of thiazole rings is 1. The number of aromatic nitrogens is 1.